The van der Waals surface area contributed by atoms with Crippen LogP contribution in [0.15, 0.2) is 12.7 Å². The SMILES string of the molecule is C=C[C@@H](Cl)B1OC(C)(C)C(C)(C)O1. The summed E-state index contributed by atoms with van der Waals surface area (Å²) < 4.78 is 11.4. The molecule has 2 nitrogen and oxygen atoms in total. The molecule has 0 spiro atoms. The standard InChI is InChI=1S/C9H16BClO2/c1-6-7(11)10-12-8(2,3)9(4,5)13-10/h6-7H,1H2,2-5H3/t7-/m1/s1. The van der Waals surface area contributed by atoms with Crippen molar-refractivity contribution in [2.24, 2.45) is 0 Å². The van der Waals surface area contributed by atoms with Crippen LogP contribution in [0.5, 0.6) is 0 Å². The van der Waals surface area contributed by atoms with E-state index in [1.165, 1.54) is 0 Å². The molecule has 0 bridgehead atoms. The molecule has 0 aromatic heterocycles. The zero-order chi connectivity index (χ0) is 10.3. The molecule has 1 rings (SSSR count). The second kappa shape index (κ2) is 3.30. The Morgan fingerprint density at radius 1 is 1.23 bits per heavy atom. The number of rotatable bonds is 2. The molecule has 0 unspecified atom stereocenters. The Bertz CT molecular complexity index is 200. The van der Waals surface area contributed by atoms with Crippen molar-refractivity contribution in [3.8, 4) is 0 Å². The first-order chi connectivity index (χ1) is 5.80. The van der Waals surface area contributed by atoms with Crippen molar-refractivity contribution in [2.45, 2.75) is 44.2 Å². The van der Waals surface area contributed by atoms with E-state index >= 15 is 0 Å². The molecule has 4 heteroatoms. The van der Waals surface area contributed by atoms with Gasteiger partial charge in [-0.2, -0.15) is 0 Å². The lowest BCUT2D eigenvalue weighted by Crippen LogP contribution is -2.41. The van der Waals surface area contributed by atoms with Crippen LogP contribution < -0.4 is 0 Å². The lowest BCUT2D eigenvalue weighted by molar-refractivity contribution is 0.00578. The van der Waals surface area contributed by atoms with Gasteiger partial charge in [-0.25, -0.2) is 0 Å². The van der Waals surface area contributed by atoms with E-state index in [2.05, 4.69) is 6.58 Å². The van der Waals surface area contributed by atoms with Gasteiger partial charge in [-0.1, -0.05) is 6.08 Å². The van der Waals surface area contributed by atoms with E-state index in [4.69, 9.17) is 20.9 Å². The molecule has 74 valence electrons. The number of allylic oxidation sites excluding steroid dienone is 1. The third-order valence-corrected chi connectivity index (χ3v) is 3.14. The molecule has 1 heterocycles. The zero-order valence-electron chi connectivity index (χ0n) is 8.63. The minimum absolute atomic E-state index is 0.291. The molecule has 1 aliphatic rings. The number of halogens is 1. The molecule has 0 radical (unpaired) electrons. The van der Waals surface area contributed by atoms with Gasteiger partial charge < -0.3 is 9.31 Å². The lowest BCUT2D eigenvalue weighted by atomic mass is 9.84. The van der Waals surface area contributed by atoms with Crippen molar-refractivity contribution in [3.63, 3.8) is 0 Å². The van der Waals surface area contributed by atoms with Crippen LogP contribution >= 0.6 is 11.6 Å². The van der Waals surface area contributed by atoms with Crippen LogP contribution in [0.3, 0.4) is 0 Å². The maximum Gasteiger partial charge on any atom is 0.481 e. The lowest BCUT2D eigenvalue weighted by Gasteiger charge is -2.32. The van der Waals surface area contributed by atoms with Crippen LogP contribution in [0.2, 0.25) is 0 Å². The highest BCUT2D eigenvalue weighted by atomic mass is 35.5. The zero-order valence-corrected chi connectivity index (χ0v) is 9.39. The van der Waals surface area contributed by atoms with Crippen LogP contribution in [0.1, 0.15) is 27.7 Å². The molecule has 1 fully saturated rings. The summed E-state index contributed by atoms with van der Waals surface area (Å²) in [6.07, 6.45) is 1.63. The van der Waals surface area contributed by atoms with Gasteiger partial charge in [0.1, 0.15) is 0 Å². The molecule has 0 saturated carbocycles. The van der Waals surface area contributed by atoms with Gasteiger partial charge >= 0.3 is 7.12 Å². The fraction of sp³-hybridized carbons (Fsp3) is 0.778. The van der Waals surface area contributed by atoms with Crippen LogP contribution in [-0.2, 0) is 9.31 Å². The van der Waals surface area contributed by atoms with E-state index in [0.717, 1.165) is 0 Å². The van der Waals surface area contributed by atoms with E-state index in [1.54, 1.807) is 6.08 Å². The van der Waals surface area contributed by atoms with Crippen molar-refractivity contribution < 1.29 is 9.31 Å². The largest absolute Gasteiger partial charge is 0.481 e. The van der Waals surface area contributed by atoms with Crippen molar-refractivity contribution >= 4 is 18.7 Å². The van der Waals surface area contributed by atoms with Crippen molar-refractivity contribution in [2.75, 3.05) is 0 Å². The maximum atomic E-state index is 5.96. The second-order valence-electron chi connectivity index (χ2n) is 4.30. The number of hydrogen-bond donors (Lipinski definition) is 0. The van der Waals surface area contributed by atoms with Crippen LogP contribution in [0.25, 0.3) is 0 Å². The molecule has 1 atom stereocenters. The molecular weight excluding hydrogens is 186 g/mol. The smallest absolute Gasteiger partial charge is 0.402 e. The molecule has 0 aromatic rings. The monoisotopic (exact) mass is 202 g/mol. The van der Waals surface area contributed by atoms with Crippen LogP contribution in [-0.4, -0.2) is 23.6 Å². The quantitative estimate of drug-likeness (QED) is 0.389. The molecule has 0 aromatic carbocycles. The van der Waals surface area contributed by atoms with Gasteiger partial charge in [0.05, 0.1) is 16.5 Å². The molecule has 0 N–H and O–H groups in total. The fourth-order valence-electron chi connectivity index (χ4n) is 1.13. The third kappa shape index (κ3) is 1.93. The Kier molecular flexibility index (Phi) is 2.82. The highest BCUT2D eigenvalue weighted by Gasteiger charge is 2.52. The summed E-state index contributed by atoms with van der Waals surface area (Å²) in [7, 11) is -0.385. The Morgan fingerprint density at radius 3 is 1.92 bits per heavy atom. The fourth-order valence-corrected chi connectivity index (χ4v) is 1.23. The van der Waals surface area contributed by atoms with E-state index in [0.29, 0.717) is 0 Å². The topological polar surface area (TPSA) is 18.5 Å². The Labute approximate surface area is 85.4 Å². The Balaban J connectivity index is 2.76. The molecular formula is C9H16BClO2. The van der Waals surface area contributed by atoms with E-state index < -0.39 is 0 Å². The molecule has 1 aliphatic heterocycles. The molecule has 0 aliphatic carbocycles. The summed E-state index contributed by atoms with van der Waals surface area (Å²) >= 11 is 5.96. The third-order valence-electron chi connectivity index (χ3n) is 2.76. The first kappa shape index (κ1) is 11.1. The van der Waals surface area contributed by atoms with Crippen LogP contribution in [0, 0.1) is 0 Å². The summed E-state index contributed by atoms with van der Waals surface area (Å²) in [5, 5.41) is -0.291. The summed E-state index contributed by atoms with van der Waals surface area (Å²) in [6, 6.07) is 0. The van der Waals surface area contributed by atoms with Gasteiger partial charge in [-0.05, 0) is 27.7 Å². The average Bonchev–Trinajstić information content (AvgIpc) is 2.20. The van der Waals surface area contributed by atoms with Crippen molar-refractivity contribution in [1.82, 2.24) is 0 Å². The summed E-state index contributed by atoms with van der Waals surface area (Å²) in [5.41, 5.74) is -0.623. The van der Waals surface area contributed by atoms with Gasteiger partial charge in [-0.15, -0.1) is 18.2 Å². The maximum absolute atomic E-state index is 5.96. The van der Waals surface area contributed by atoms with Gasteiger partial charge in [0.2, 0.25) is 0 Å². The highest BCUT2D eigenvalue weighted by molar-refractivity contribution is 6.60. The average molecular weight is 202 g/mol. The molecule has 1 saturated heterocycles. The van der Waals surface area contributed by atoms with Gasteiger partial charge in [0.15, 0.2) is 0 Å². The number of alkyl halides is 1. The second-order valence-corrected chi connectivity index (χ2v) is 4.81. The van der Waals surface area contributed by atoms with Crippen LogP contribution in [0.4, 0.5) is 0 Å². The van der Waals surface area contributed by atoms with E-state index in [-0.39, 0.29) is 23.6 Å². The van der Waals surface area contributed by atoms with Gasteiger partial charge in [0, 0.05) is 0 Å². The van der Waals surface area contributed by atoms with Crippen molar-refractivity contribution in [1.29, 1.82) is 0 Å². The normalized spacial score (nSPS) is 27.3. The minimum Gasteiger partial charge on any atom is -0.402 e. The first-order valence-corrected chi connectivity index (χ1v) is 4.86. The van der Waals surface area contributed by atoms with Crippen molar-refractivity contribution in [3.05, 3.63) is 12.7 Å². The minimum atomic E-state index is -0.385. The molecule has 13 heavy (non-hydrogen) atoms. The first-order valence-electron chi connectivity index (χ1n) is 4.42. The van der Waals surface area contributed by atoms with E-state index in [1.807, 2.05) is 27.7 Å². The summed E-state index contributed by atoms with van der Waals surface area (Å²) in [5.74, 6) is 0. The summed E-state index contributed by atoms with van der Waals surface area (Å²) in [4.78, 5) is 0. The number of hydrogen-bond acceptors (Lipinski definition) is 2. The molecule has 0 amide bonds. The Morgan fingerprint density at radius 2 is 1.62 bits per heavy atom. The predicted octanol–water partition coefficient (Wildman–Crippen LogP) is 2.41. The van der Waals surface area contributed by atoms with Gasteiger partial charge in [-0.3, -0.25) is 0 Å². The summed E-state index contributed by atoms with van der Waals surface area (Å²) in [6.45, 7) is 11.6. The Hall–Kier alpha value is 0.0149. The van der Waals surface area contributed by atoms with E-state index in [9.17, 15) is 0 Å². The van der Waals surface area contributed by atoms with Gasteiger partial charge in [0.25, 0.3) is 0 Å². The predicted molar refractivity (Wildman–Crippen MR) is 55.9 cm³/mol. The highest BCUT2D eigenvalue weighted by Crippen LogP contribution is 2.38.